The Morgan fingerprint density at radius 3 is 2.67 bits per heavy atom. The molecule has 0 fully saturated rings. The van der Waals surface area contributed by atoms with E-state index in [-0.39, 0.29) is 11.2 Å². The Labute approximate surface area is 155 Å². The Kier molecular flexibility index (Phi) is 7.87. The van der Waals surface area contributed by atoms with E-state index < -0.39 is 0 Å². The van der Waals surface area contributed by atoms with Crippen molar-refractivity contribution in [1.82, 2.24) is 15.5 Å². The molecule has 1 heterocycles. The first kappa shape index (κ1) is 19.1. The zero-order valence-electron chi connectivity index (χ0n) is 13.9. The van der Waals surface area contributed by atoms with Crippen LogP contribution < -0.4 is 10.1 Å². The lowest BCUT2D eigenvalue weighted by Gasteiger charge is -2.10. The zero-order valence-corrected chi connectivity index (χ0v) is 16.4. The van der Waals surface area contributed by atoms with Crippen LogP contribution in [0.4, 0.5) is 0 Å². The van der Waals surface area contributed by atoms with E-state index >= 15 is 0 Å². The molecular formula is C16H21N3O2S3. The van der Waals surface area contributed by atoms with Gasteiger partial charge in [-0.05, 0) is 36.8 Å². The van der Waals surface area contributed by atoms with Crippen molar-refractivity contribution in [2.75, 3.05) is 19.4 Å². The van der Waals surface area contributed by atoms with Gasteiger partial charge in [0.1, 0.15) is 5.75 Å². The average Bonchev–Trinajstić information content (AvgIpc) is 3.02. The summed E-state index contributed by atoms with van der Waals surface area (Å²) >= 11 is 4.66. The van der Waals surface area contributed by atoms with E-state index in [1.54, 1.807) is 18.9 Å². The van der Waals surface area contributed by atoms with Gasteiger partial charge >= 0.3 is 0 Å². The molecule has 1 aromatic heterocycles. The van der Waals surface area contributed by atoms with Crippen molar-refractivity contribution in [2.45, 2.75) is 34.2 Å². The van der Waals surface area contributed by atoms with Crippen molar-refractivity contribution >= 4 is 40.8 Å². The van der Waals surface area contributed by atoms with E-state index in [1.807, 2.05) is 31.2 Å². The van der Waals surface area contributed by atoms with Crippen LogP contribution in [0, 0.1) is 0 Å². The zero-order chi connectivity index (χ0) is 17.4. The molecular weight excluding hydrogens is 362 g/mol. The lowest BCUT2D eigenvalue weighted by Crippen LogP contribution is -2.32. The van der Waals surface area contributed by atoms with Crippen LogP contribution in [0.1, 0.15) is 19.4 Å². The molecule has 1 atom stereocenters. The van der Waals surface area contributed by atoms with Crippen molar-refractivity contribution in [3.63, 3.8) is 0 Å². The summed E-state index contributed by atoms with van der Waals surface area (Å²) in [5.74, 6) is 1.83. The van der Waals surface area contributed by atoms with E-state index in [4.69, 9.17) is 4.74 Å². The predicted molar refractivity (Wildman–Crippen MR) is 101 cm³/mol. The molecule has 0 aliphatic carbocycles. The van der Waals surface area contributed by atoms with Crippen LogP contribution in [0.5, 0.6) is 5.75 Å². The normalized spacial score (nSPS) is 12.0. The number of rotatable bonds is 9. The highest BCUT2D eigenvalue weighted by Gasteiger charge is 2.16. The van der Waals surface area contributed by atoms with E-state index in [0.717, 1.165) is 26.6 Å². The summed E-state index contributed by atoms with van der Waals surface area (Å²) in [5.41, 5.74) is 1.17. The number of hydrogen-bond donors (Lipinski definition) is 1. The van der Waals surface area contributed by atoms with Gasteiger partial charge in [-0.3, -0.25) is 4.79 Å². The standard InChI is InChI=1S/C16H21N3O2S3/c1-4-22-15-18-19-16(24-15)23-11(2)14(20)17-10-9-12-5-7-13(21-3)8-6-12/h5-8,11H,4,9-10H2,1-3H3,(H,17,20)/t11-/m1/s1. The highest BCUT2D eigenvalue weighted by molar-refractivity contribution is 8.03. The monoisotopic (exact) mass is 383 g/mol. The number of thioether (sulfide) groups is 2. The van der Waals surface area contributed by atoms with E-state index in [2.05, 4.69) is 22.4 Å². The van der Waals surface area contributed by atoms with Gasteiger partial charge in [-0.25, -0.2) is 0 Å². The molecule has 2 aromatic rings. The molecule has 0 saturated heterocycles. The fraction of sp³-hybridized carbons (Fsp3) is 0.438. The molecule has 0 radical (unpaired) electrons. The van der Waals surface area contributed by atoms with E-state index in [0.29, 0.717) is 6.54 Å². The number of carbonyl (C=O) groups excluding carboxylic acids is 1. The molecule has 0 bridgehead atoms. The second kappa shape index (κ2) is 9.90. The predicted octanol–water partition coefficient (Wildman–Crippen LogP) is 3.50. The third-order valence-corrected chi connectivity index (χ3v) is 6.30. The number of nitrogens with one attached hydrogen (secondary N) is 1. The van der Waals surface area contributed by atoms with Crippen molar-refractivity contribution in [2.24, 2.45) is 0 Å². The average molecular weight is 384 g/mol. The number of amides is 1. The fourth-order valence-corrected chi connectivity index (χ4v) is 4.98. The number of methoxy groups -OCH3 is 1. The highest BCUT2D eigenvalue weighted by Crippen LogP contribution is 2.30. The molecule has 0 aliphatic rings. The molecule has 2 rings (SSSR count). The molecule has 130 valence electrons. The molecule has 8 heteroatoms. The van der Waals surface area contributed by atoms with Crippen LogP contribution in [-0.4, -0.2) is 40.8 Å². The molecule has 0 saturated carbocycles. The first-order chi connectivity index (χ1) is 11.6. The highest BCUT2D eigenvalue weighted by atomic mass is 32.2. The Hall–Kier alpha value is -1.25. The van der Waals surface area contributed by atoms with Crippen LogP contribution in [-0.2, 0) is 11.2 Å². The van der Waals surface area contributed by atoms with Crippen molar-refractivity contribution < 1.29 is 9.53 Å². The number of hydrogen-bond acceptors (Lipinski definition) is 7. The summed E-state index contributed by atoms with van der Waals surface area (Å²) in [6, 6.07) is 7.88. The maximum Gasteiger partial charge on any atom is 0.233 e. The Morgan fingerprint density at radius 1 is 1.29 bits per heavy atom. The van der Waals surface area contributed by atoms with Crippen molar-refractivity contribution in [3.8, 4) is 5.75 Å². The number of ether oxygens (including phenoxy) is 1. The van der Waals surface area contributed by atoms with Gasteiger partial charge in [0, 0.05) is 6.54 Å². The smallest absolute Gasteiger partial charge is 0.233 e. The van der Waals surface area contributed by atoms with Gasteiger partial charge < -0.3 is 10.1 Å². The van der Waals surface area contributed by atoms with Crippen LogP contribution in [0.15, 0.2) is 32.9 Å². The van der Waals surface area contributed by atoms with Crippen LogP contribution in [0.25, 0.3) is 0 Å². The summed E-state index contributed by atoms with van der Waals surface area (Å²) in [4.78, 5) is 12.2. The van der Waals surface area contributed by atoms with Crippen molar-refractivity contribution in [3.05, 3.63) is 29.8 Å². The van der Waals surface area contributed by atoms with Gasteiger partial charge in [0.05, 0.1) is 12.4 Å². The summed E-state index contributed by atoms with van der Waals surface area (Å²) in [6.45, 7) is 4.59. The molecule has 0 aliphatic heterocycles. The minimum atomic E-state index is -0.187. The molecule has 1 amide bonds. The molecule has 5 nitrogen and oxygen atoms in total. The third kappa shape index (κ3) is 5.99. The van der Waals surface area contributed by atoms with Gasteiger partial charge in [0.2, 0.25) is 5.91 Å². The Balaban J connectivity index is 1.74. The Morgan fingerprint density at radius 2 is 2.00 bits per heavy atom. The second-order valence-corrected chi connectivity index (χ2v) is 8.99. The van der Waals surface area contributed by atoms with Gasteiger partial charge in [-0.15, -0.1) is 10.2 Å². The minimum Gasteiger partial charge on any atom is -0.497 e. The van der Waals surface area contributed by atoms with Gasteiger partial charge in [-0.1, -0.05) is 53.9 Å². The van der Waals surface area contributed by atoms with E-state index in [1.165, 1.54) is 28.7 Å². The van der Waals surface area contributed by atoms with Crippen molar-refractivity contribution in [1.29, 1.82) is 0 Å². The summed E-state index contributed by atoms with van der Waals surface area (Å²) in [7, 11) is 1.65. The van der Waals surface area contributed by atoms with Crippen LogP contribution in [0.2, 0.25) is 0 Å². The molecule has 0 unspecified atom stereocenters. The lowest BCUT2D eigenvalue weighted by atomic mass is 10.1. The number of benzene rings is 1. The summed E-state index contributed by atoms with van der Waals surface area (Å²) in [5, 5.41) is 11.0. The van der Waals surface area contributed by atoms with Gasteiger partial charge in [0.15, 0.2) is 8.68 Å². The maximum atomic E-state index is 12.2. The summed E-state index contributed by atoms with van der Waals surface area (Å²) < 4.78 is 6.92. The van der Waals surface area contributed by atoms with E-state index in [9.17, 15) is 4.79 Å². The number of aromatic nitrogens is 2. The quantitative estimate of drug-likeness (QED) is 0.669. The van der Waals surface area contributed by atoms with Crippen LogP contribution in [0.3, 0.4) is 0 Å². The largest absolute Gasteiger partial charge is 0.497 e. The van der Waals surface area contributed by atoms with Crippen LogP contribution >= 0.6 is 34.9 Å². The van der Waals surface area contributed by atoms with Gasteiger partial charge in [-0.2, -0.15) is 0 Å². The topological polar surface area (TPSA) is 64.1 Å². The number of nitrogens with zero attached hydrogens (tertiary/aromatic N) is 2. The maximum absolute atomic E-state index is 12.2. The molecule has 0 spiro atoms. The SMILES string of the molecule is CCSc1nnc(S[C@H](C)C(=O)NCCc2ccc(OC)cc2)s1. The first-order valence-corrected chi connectivity index (χ1v) is 10.3. The second-order valence-electron chi connectivity index (χ2n) is 4.92. The van der Waals surface area contributed by atoms with Gasteiger partial charge in [0.25, 0.3) is 0 Å². The Bertz CT molecular complexity index is 646. The molecule has 24 heavy (non-hydrogen) atoms. The third-order valence-electron chi connectivity index (χ3n) is 3.17. The summed E-state index contributed by atoms with van der Waals surface area (Å²) in [6.07, 6.45) is 0.795. The minimum absolute atomic E-state index is 0.0217. The molecule has 1 N–H and O–H groups in total. The number of carbonyl (C=O) groups is 1. The lowest BCUT2D eigenvalue weighted by molar-refractivity contribution is -0.120. The fourth-order valence-electron chi connectivity index (χ4n) is 1.90. The molecule has 1 aromatic carbocycles. The first-order valence-electron chi connectivity index (χ1n) is 7.66.